The van der Waals surface area contributed by atoms with Gasteiger partial charge in [-0.2, -0.15) is 0 Å². The van der Waals surface area contributed by atoms with E-state index in [1.54, 1.807) is 48.5 Å². The minimum atomic E-state index is -0.265. The lowest BCUT2D eigenvalue weighted by Crippen LogP contribution is -2.28. The van der Waals surface area contributed by atoms with E-state index in [2.05, 4.69) is 26.6 Å². The van der Waals surface area contributed by atoms with Crippen LogP contribution in [0.1, 0.15) is 39.2 Å². The van der Waals surface area contributed by atoms with Crippen molar-refractivity contribution in [3.63, 3.8) is 0 Å². The van der Waals surface area contributed by atoms with Crippen LogP contribution in [-0.4, -0.2) is 11.8 Å². The van der Waals surface area contributed by atoms with Gasteiger partial charge in [-0.3, -0.25) is 9.59 Å². The Balaban J connectivity index is 1.76. The van der Waals surface area contributed by atoms with E-state index in [0.717, 1.165) is 10.0 Å². The summed E-state index contributed by atoms with van der Waals surface area (Å²) in [7, 11) is 0. The van der Waals surface area contributed by atoms with Gasteiger partial charge in [-0.25, -0.2) is 0 Å². The SMILES string of the molecule is CC(NC(=O)c1ccccc1NC(=O)c1ccc(Br)cc1)c1ccccc1. The third-order valence-electron chi connectivity index (χ3n) is 4.17. The average Bonchev–Trinajstić information content (AvgIpc) is 2.69. The number of hydrogen-bond acceptors (Lipinski definition) is 2. The van der Waals surface area contributed by atoms with Gasteiger partial charge in [0, 0.05) is 10.0 Å². The van der Waals surface area contributed by atoms with Crippen molar-refractivity contribution in [2.24, 2.45) is 0 Å². The van der Waals surface area contributed by atoms with Gasteiger partial charge in [-0.05, 0) is 48.9 Å². The van der Waals surface area contributed by atoms with Crippen molar-refractivity contribution in [1.82, 2.24) is 5.32 Å². The molecule has 0 fully saturated rings. The summed E-state index contributed by atoms with van der Waals surface area (Å²) in [6.07, 6.45) is 0. The Hall–Kier alpha value is -2.92. The first-order valence-electron chi connectivity index (χ1n) is 8.56. The maximum Gasteiger partial charge on any atom is 0.255 e. The van der Waals surface area contributed by atoms with E-state index in [4.69, 9.17) is 0 Å². The fourth-order valence-corrected chi connectivity index (χ4v) is 2.95. The zero-order chi connectivity index (χ0) is 19.2. The summed E-state index contributed by atoms with van der Waals surface area (Å²) in [5.74, 6) is -0.503. The van der Waals surface area contributed by atoms with Gasteiger partial charge in [0.1, 0.15) is 0 Å². The highest BCUT2D eigenvalue weighted by Gasteiger charge is 2.16. The minimum absolute atomic E-state index is 0.145. The molecule has 0 saturated carbocycles. The number of para-hydroxylation sites is 1. The maximum absolute atomic E-state index is 12.7. The van der Waals surface area contributed by atoms with Crippen molar-refractivity contribution in [3.8, 4) is 0 Å². The van der Waals surface area contributed by atoms with Crippen LogP contribution in [0.3, 0.4) is 0 Å². The first-order valence-corrected chi connectivity index (χ1v) is 9.35. The van der Waals surface area contributed by atoms with E-state index < -0.39 is 0 Å². The number of rotatable bonds is 5. The summed E-state index contributed by atoms with van der Waals surface area (Å²) in [5.41, 5.74) is 2.43. The van der Waals surface area contributed by atoms with Crippen molar-refractivity contribution >= 4 is 33.4 Å². The second kappa shape index (κ2) is 8.64. The highest BCUT2D eigenvalue weighted by atomic mass is 79.9. The molecule has 0 heterocycles. The molecule has 0 aliphatic heterocycles. The Labute approximate surface area is 166 Å². The molecule has 2 amide bonds. The molecule has 0 bridgehead atoms. The Bertz CT molecular complexity index is 940. The molecular weight excluding hydrogens is 404 g/mol. The lowest BCUT2D eigenvalue weighted by molar-refractivity contribution is 0.0941. The first-order chi connectivity index (χ1) is 13.0. The third-order valence-corrected chi connectivity index (χ3v) is 4.70. The maximum atomic E-state index is 12.7. The lowest BCUT2D eigenvalue weighted by Gasteiger charge is -2.16. The summed E-state index contributed by atoms with van der Waals surface area (Å²) in [6.45, 7) is 1.93. The highest BCUT2D eigenvalue weighted by Crippen LogP contribution is 2.19. The predicted molar refractivity (Wildman–Crippen MR) is 111 cm³/mol. The largest absolute Gasteiger partial charge is 0.345 e. The van der Waals surface area contributed by atoms with E-state index in [1.165, 1.54) is 0 Å². The van der Waals surface area contributed by atoms with Crippen molar-refractivity contribution in [3.05, 3.63) is 100 Å². The van der Waals surface area contributed by atoms with E-state index in [9.17, 15) is 9.59 Å². The second-order valence-corrected chi connectivity index (χ2v) is 7.03. The monoisotopic (exact) mass is 422 g/mol. The number of benzene rings is 3. The smallest absolute Gasteiger partial charge is 0.255 e. The van der Waals surface area contributed by atoms with Gasteiger partial charge >= 0.3 is 0 Å². The van der Waals surface area contributed by atoms with Crippen LogP contribution in [0.2, 0.25) is 0 Å². The molecule has 136 valence electrons. The Morgan fingerprint density at radius 2 is 1.44 bits per heavy atom. The van der Waals surface area contributed by atoms with Gasteiger partial charge in [0.2, 0.25) is 0 Å². The molecule has 5 heteroatoms. The Morgan fingerprint density at radius 1 is 0.815 bits per heavy atom. The topological polar surface area (TPSA) is 58.2 Å². The fourth-order valence-electron chi connectivity index (χ4n) is 2.69. The molecule has 1 atom stereocenters. The summed E-state index contributed by atoms with van der Waals surface area (Å²) >= 11 is 3.35. The number of nitrogens with one attached hydrogen (secondary N) is 2. The number of halogens is 1. The molecule has 0 aliphatic rings. The van der Waals surface area contributed by atoms with Crippen LogP contribution in [0, 0.1) is 0 Å². The van der Waals surface area contributed by atoms with Gasteiger partial charge in [0.25, 0.3) is 11.8 Å². The Kier molecular flexibility index (Phi) is 6.04. The quantitative estimate of drug-likeness (QED) is 0.593. The van der Waals surface area contributed by atoms with Gasteiger partial charge < -0.3 is 10.6 Å². The summed E-state index contributed by atoms with van der Waals surface area (Å²) in [6, 6.07) is 23.6. The molecule has 0 radical (unpaired) electrons. The van der Waals surface area contributed by atoms with Crippen LogP contribution in [0.5, 0.6) is 0 Å². The highest BCUT2D eigenvalue weighted by molar-refractivity contribution is 9.10. The standard InChI is InChI=1S/C22H19BrN2O2/c1-15(16-7-3-2-4-8-16)24-22(27)19-9-5-6-10-20(19)25-21(26)17-11-13-18(23)14-12-17/h2-15H,1H3,(H,24,27)(H,25,26). The van der Waals surface area contributed by atoms with Crippen LogP contribution in [0.4, 0.5) is 5.69 Å². The van der Waals surface area contributed by atoms with E-state index >= 15 is 0 Å². The van der Waals surface area contributed by atoms with Crippen LogP contribution in [0.25, 0.3) is 0 Å². The zero-order valence-corrected chi connectivity index (χ0v) is 16.4. The predicted octanol–water partition coefficient (Wildman–Crippen LogP) is 5.19. The van der Waals surface area contributed by atoms with E-state index in [0.29, 0.717) is 16.8 Å². The number of anilines is 1. The van der Waals surface area contributed by atoms with Gasteiger partial charge in [0.05, 0.1) is 17.3 Å². The summed E-state index contributed by atoms with van der Waals surface area (Å²) < 4.78 is 0.897. The molecule has 27 heavy (non-hydrogen) atoms. The molecule has 1 unspecified atom stereocenters. The summed E-state index contributed by atoms with van der Waals surface area (Å²) in [5, 5.41) is 5.80. The van der Waals surface area contributed by atoms with Crippen molar-refractivity contribution in [1.29, 1.82) is 0 Å². The van der Waals surface area contributed by atoms with Gasteiger partial charge in [0.15, 0.2) is 0 Å². The number of amides is 2. The molecular formula is C22H19BrN2O2. The molecule has 4 nitrogen and oxygen atoms in total. The Morgan fingerprint density at radius 3 is 2.15 bits per heavy atom. The molecule has 0 spiro atoms. The van der Waals surface area contributed by atoms with E-state index in [-0.39, 0.29) is 17.9 Å². The van der Waals surface area contributed by atoms with Crippen molar-refractivity contribution in [2.75, 3.05) is 5.32 Å². The van der Waals surface area contributed by atoms with Crippen molar-refractivity contribution in [2.45, 2.75) is 13.0 Å². The number of carbonyl (C=O) groups excluding carboxylic acids is 2. The average molecular weight is 423 g/mol. The molecule has 3 rings (SSSR count). The molecule has 3 aromatic carbocycles. The third kappa shape index (κ3) is 4.83. The molecule has 3 aromatic rings. The van der Waals surface area contributed by atoms with Crippen molar-refractivity contribution < 1.29 is 9.59 Å². The molecule has 0 aliphatic carbocycles. The number of hydrogen-bond donors (Lipinski definition) is 2. The summed E-state index contributed by atoms with van der Waals surface area (Å²) in [4.78, 5) is 25.2. The van der Waals surface area contributed by atoms with Crippen LogP contribution < -0.4 is 10.6 Å². The minimum Gasteiger partial charge on any atom is -0.345 e. The normalized spacial score (nSPS) is 11.5. The number of carbonyl (C=O) groups is 2. The zero-order valence-electron chi connectivity index (χ0n) is 14.8. The molecule has 0 aromatic heterocycles. The van der Waals surface area contributed by atoms with Gasteiger partial charge in [-0.15, -0.1) is 0 Å². The van der Waals surface area contributed by atoms with Gasteiger partial charge in [-0.1, -0.05) is 58.4 Å². The van der Waals surface area contributed by atoms with Crippen LogP contribution in [0.15, 0.2) is 83.3 Å². The fraction of sp³-hybridized carbons (Fsp3) is 0.0909. The van der Waals surface area contributed by atoms with E-state index in [1.807, 2.05) is 37.3 Å². The first kappa shape index (κ1) is 18.9. The molecule has 2 N–H and O–H groups in total. The lowest BCUT2D eigenvalue weighted by atomic mass is 10.1. The molecule has 0 saturated heterocycles. The van der Waals surface area contributed by atoms with Crippen LogP contribution in [-0.2, 0) is 0 Å². The van der Waals surface area contributed by atoms with Crippen LogP contribution >= 0.6 is 15.9 Å². The second-order valence-electron chi connectivity index (χ2n) is 6.11.